The maximum absolute atomic E-state index is 12.4. The van der Waals surface area contributed by atoms with Gasteiger partial charge in [-0.25, -0.2) is 13.2 Å². The van der Waals surface area contributed by atoms with Crippen molar-refractivity contribution in [3.8, 4) is 0 Å². The Labute approximate surface area is 147 Å². The van der Waals surface area contributed by atoms with Crippen LogP contribution in [0.5, 0.6) is 0 Å². The summed E-state index contributed by atoms with van der Waals surface area (Å²) in [6, 6.07) is -0.718. The van der Waals surface area contributed by atoms with E-state index in [0.717, 1.165) is 0 Å². The predicted molar refractivity (Wildman–Crippen MR) is 90.8 cm³/mol. The fourth-order valence-electron chi connectivity index (χ4n) is 3.46. The quantitative estimate of drug-likeness (QED) is 0.746. The maximum atomic E-state index is 12.4. The van der Waals surface area contributed by atoms with Gasteiger partial charge in [0.05, 0.1) is 24.1 Å². The first-order valence-corrected chi connectivity index (χ1v) is 10.2. The number of hydrogen-bond acceptors (Lipinski definition) is 7. The zero-order valence-electron chi connectivity index (χ0n) is 15.0. The molecule has 0 saturated carbocycles. The first-order valence-electron chi connectivity index (χ1n) is 8.43. The van der Waals surface area contributed by atoms with Gasteiger partial charge in [0, 0.05) is 39.1 Å². The van der Waals surface area contributed by atoms with E-state index in [2.05, 4.69) is 10.1 Å². The van der Waals surface area contributed by atoms with Gasteiger partial charge in [-0.2, -0.15) is 4.98 Å². The highest BCUT2D eigenvalue weighted by Gasteiger charge is 2.48. The van der Waals surface area contributed by atoms with Gasteiger partial charge in [0.2, 0.25) is 5.89 Å². The first-order chi connectivity index (χ1) is 11.7. The molecule has 3 heterocycles. The predicted octanol–water partition coefficient (Wildman–Crippen LogP) is 0.158. The van der Waals surface area contributed by atoms with Crippen LogP contribution in [0.15, 0.2) is 4.52 Å². The number of amides is 2. The zero-order valence-corrected chi connectivity index (χ0v) is 15.9. The molecule has 1 aromatic heterocycles. The molecule has 2 amide bonds. The van der Waals surface area contributed by atoms with E-state index in [4.69, 9.17) is 4.52 Å². The highest BCUT2D eigenvalue weighted by Crippen LogP contribution is 2.28. The third kappa shape index (κ3) is 3.64. The summed E-state index contributed by atoms with van der Waals surface area (Å²) in [6.07, 6.45) is 0. The molecule has 2 atom stereocenters. The molecule has 2 aliphatic heterocycles. The minimum absolute atomic E-state index is 0.00875. The lowest BCUT2D eigenvalue weighted by Gasteiger charge is -2.44. The van der Waals surface area contributed by atoms with Crippen molar-refractivity contribution in [2.75, 3.05) is 38.7 Å². The number of hydrogen-bond donors (Lipinski definition) is 0. The van der Waals surface area contributed by atoms with E-state index in [9.17, 15) is 13.2 Å². The molecule has 0 aliphatic carbocycles. The van der Waals surface area contributed by atoms with Crippen LogP contribution in [0.2, 0.25) is 0 Å². The van der Waals surface area contributed by atoms with Crippen molar-refractivity contribution < 1.29 is 17.7 Å². The highest BCUT2D eigenvalue weighted by atomic mass is 32.2. The van der Waals surface area contributed by atoms with Crippen LogP contribution in [0.4, 0.5) is 4.79 Å². The second-order valence-corrected chi connectivity index (χ2v) is 9.41. The van der Waals surface area contributed by atoms with E-state index in [1.807, 2.05) is 18.7 Å². The van der Waals surface area contributed by atoms with Crippen molar-refractivity contribution in [1.82, 2.24) is 24.8 Å². The van der Waals surface area contributed by atoms with E-state index in [-0.39, 0.29) is 35.5 Å². The second-order valence-electron chi connectivity index (χ2n) is 7.25. The van der Waals surface area contributed by atoms with E-state index in [1.165, 1.54) is 4.90 Å². The number of piperazine rings is 1. The number of fused-ring (bicyclic) bond motifs is 1. The molecule has 140 valence electrons. The Morgan fingerprint density at radius 1 is 1.28 bits per heavy atom. The summed E-state index contributed by atoms with van der Waals surface area (Å²) in [6.45, 7) is 5.44. The average molecular weight is 371 g/mol. The van der Waals surface area contributed by atoms with Gasteiger partial charge < -0.3 is 14.3 Å². The number of carbonyl (C=O) groups is 1. The Morgan fingerprint density at radius 2 is 1.96 bits per heavy atom. The smallest absolute Gasteiger partial charge is 0.319 e. The molecule has 0 spiro atoms. The van der Waals surface area contributed by atoms with Crippen LogP contribution >= 0.6 is 0 Å². The Morgan fingerprint density at radius 3 is 2.56 bits per heavy atom. The van der Waals surface area contributed by atoms with E-state index in [1.54, 1.807) is 19.0 Å². The van der Waals surface area contributed by atoms with Gasteiger partial charge in [0.15, 0.2) is 15.7 Å². The summed E-state index contributed by atoms with van der Waals surface area (Å²) >= 11 is 0. The van der Waals surface area contributed by atoms with Crippen LogP contribution in [0.1, 0.15) is 31.5 Å². The van der Waals surface area contributed by atoms with Crippen LogP contribution in [-0.4, -0.2) is 90.1 Å². The normalized spacial score (nSPS) is 26.0. The highest BCUT2D eigenvalue weighted by molar-refractivity contribution is 7.91. The molecule has 25 heavy (non-hydrogen) atoms. The molecule has 0 N–H and O–H groups in total. The number of sulfone groups is 1. The Kier molecular flexibility index (Phi) is 4.76. The Bertz CT molecular complexity index is 745. The van der Waals surface area contributed by atoms with E-state index in [0.29, 0.717) is 31.3 Å². The number of rotatable bonds is 3. The summed E-state index contributed by atoms with van der Waals surface area (Å²) in [5.41, 5.74) is 0. The van der Waals surface area contributed by atoms with E-state index >= 15 is 0 Å². The third-order valence-corrected chi connectivity index (χ3v) is 6.46. The number of urea groups is 1. The van der Waals surface area contributed by atoms with E-state index < -0.39 is 9.84 Å². The van der Waals surface area contributed by atoms with Gasteiger partial charge in [-0.05, 0) is 0 Å². The van der Waals surface area contributed by atoms with Crippen LogP contribution in [0.25, 0.3) is 0 Å². The van der Waals surface area contributed by atoms with Crippen molar-refractivity contribution in [3.05, 3.63) is 11.7 Å². The average Bonchev–Trinajstić information content (AvgIpc) is 3.10. The maximum Gasteiger partial charge on any atom is 0.319 e. The molecule has 0 bridgehead atoms. The Hall–Kier alpha value is -1.68. The summed E-state index contributed by atoms with van der Waals surface area (Å²) < 4.78 is 29.7. The lowest BCUT2D eigenvalue weighted by Crippen LogP contribution is -2.61. The van der Waals surface area contributed by atoms with Gasteiger partial charge in [-0.15, -0.1) is 0 Å². The van der Waals surface area contributed by atoms with Crippen molar-refractivity contribution in [2.24, 2.45) is 0 Å². The van der Waals surface area contributed by atoms with Gasteiger partial charge in [0.25, 0.3) is 0 Å². The molecule has 0 radical (unpaired) electrons. The molecule has 1 aromatic rings. The fraction of sp³-hybridized carbons (Fsp3) is 0.800. The zero-order chi connectivity index (χ0) is 18.4. The van der Waals surface area contributed by atoms with Gasteiger partial charge in [-0.3, -0.25) is 4.90 Å². The molecular formula is C15H25N5O4S. The second kappa shape index (κ2) is 6.56. The molecule has 0 aromatic carbocycles. The standard InChI is InChI=1S/C15H25N5O4S/c1-10(2)14-16-13(24-17-14)7-19-5-6-20(15(21)18(3)4)12-9-25(22,23)8-11(12)19/h10-12H,5-9H2,1-4H3/t11-,12+/m0/s1. The third-order valence-electron chi connectivity index (χ3n) is 4.76. The number of carbonyl (C=O) groups excluding carboxylic acids is 1. The molecule has 2 fully saturated rings. The van der Waals surface area contributed by atoms with Crippen molar-refractivity contribution >= 4 is 15.9 Å². The van der Waals surface area contributed by atoms with Crippen LogP contribution in [0.3, 0.4) is 0 Å². The molecular weight excluding hydrogens is 346 g/mol. The summed E-state index contributed by atoms with van der Waals surface area (Å²) in [4.78, 5) is 22.0. The lowest BCUT2D eigenvalue weighted by molar-refractivity contribution is 0.0461. The molecule has 2 aliphatic rings. The van der Waals surface area contributed by atoms with Crippen LogP contribution in [-0.2, 0) is 16.4 Å². The van der Waals surface area contributed by atoms with Crippen molar-refractivity contribution in [1.29, 1.82) is 0 Å². The molecule has 9 nitrogen and oxygen atoms in total. The minimum Gasteiger partial charge on any atom is -0.338 e. The number of nitrogens with zero attached hydrogens (tertiary/aromatic N) is 5. The summed E-state index contributed by atoms with van der Waals surface area (Å²) in [5, 5.41) is 3.96. The lowest BCUT2D eigenvalue weighted by atomic mass is 10.1. The Balaban J connectivity index is 1.79. The minimum atomic E-state index is -3.18. The fourth-order valence-corrected chi connectivity index (χ4v) is 5.47. The van der Waals surface area contributed by atoms with Crippen molar-refractivity contribution in [2.45, 2.75) is 38.4 Å². The SMILES string of the molecule is CC(C)c1noc(CN2CCN(C(=O)N(C)C)[C@@H]3CS(=O)(=O)C[C@@H]32)n1. The van der Waals surface area contributed by atoms with Crippen molar-refractivity contribution in [3.63, 3.8) is 0 Å². The number of aromatic nitrogens is 2. The largest absolute Gasteiger partial charge is 0.338 e. The molecule has 2 saturated heterocycles. The first kappa shape index (κ1) is 18.1. The van der Waals surface area contributed by atoms with Crippen LogP contribution in [0, 0.1) is 0 Å². The monoisotopic (exact) mass is 371 g/mol. The molecule has 3 rings (SSSR count). The summed E-state index contributed by atoms with van der Waals surface area (Å²) in [5.74, 6) is 1.37. The van der Waals surface area contributed by atoms with Gasteiger partial charge >= 0.3 is 6.03 Å². The van der Waals surface area contributed by atoms with Gasteiger partial charge in [-0.1, -0.05) is 19.0 Å². The summed E-state index contributed by atoms with van der Waals surface area (Å²) in [7, 11) is 0.184. The molecule has 0 unspecified atom stereocenters. The van der Waals surface area contributed by atoms with Gasteiger partial charge in [0.1, 0.15) is 0 Å². The van der Waals surface area contributed by atoms with Crippen LogP contribution < -0.4 is 0 Å². The topological polar surface area (TPSA) is 99.9 Å². The molecule has 10 heteroatoms.